The number of hydrogen-bond donors (Lipinski definition) is 2. The fourth-order valence-electron chi connectivity index (χ4n) is 2.48. The summed E-state index contributed by atoms with van der Waals surface area (Å²) in [5.74, 6) is 0.720. The molecule has 0 radical (unpaired) electrons. The van der Waals surface area contributed by atoms with E-state index in [9.17, 15) is 4.79 Å². The first-order valence-corrected chi connectivity index (χ1v) is 6.61. The lowest BCUT2D eigenvalue weighted by Gasteiger charge is -2.31. The van der Waals surface area contributed by atoms with E-state index in [-0.39, 0.29) is 5.91 Å². The molecule has 17 heavy (non-hydrogen) atoms. The predicted octanol–water partition coefficient (Wildman–Crippen LogP) is 0.128. The number of ether oxygens (including phenoxy) is 1. The van der Waals surface area contributed by atoms with Gasteiger partial charge in [0.05, 0.1) is 13.2 Å². The smallest absolute Gasteiger partial charge is 0.235 e. The lowest BCUT2D eigenvalue weighted by molar-refractivity contribution is -0.128. The van der Waals surface area contributed by atoms with Crippen LogP contribution in [0.5, 0.6) is 0 Å². The molecular formula is C12H23N3O2. The number of amides is 1. The van der Waals surface area contributed by atoms with E-state index in [1.165, 1.54) is 12.8 Å². The van der Waals surface area contributed by atoms with Crippen molar-refractivity contribution in [1.29, 1.82) is 0 Å². The van der Waals surface area contributed by atoms with Crippen molar-refractivity contribution in [2.75, 3.05) is 32.8 Å². The second-order valence-electron chi connectivity index (χ2n) is 5.02. The molecule has 2 rings (SSSR count). The molecule has 0 aromatic carbocycles. The Hall–Kier alpha value is -0.650. The number of nitrogens with zero attached hydrogens (tertiary/aromatic N) is 1. The number of hydrogen-bond acceptors (Lipinski definition) is 4. The molecule has 2 N–H and O–H groups in total. The van der Waals surface area contributed by atoms with Crippen LogP contribution < -0.4 is 10.7 Å². The van der Waals surface area contributed by atoms with Gasteiger partial charge in [0, 0.05) is 25.6 Å². The molecule has 0 saturated carbocycles. The largest absolute Gasteiger partial charge is 0.379 e. The van der Waals surface area contributed by atoms with E-state index in [1.807, 2.05) is 5.01 Å². The Labute approximate surface area is 103 Å². The summed E-state index contributed by atoms with van der Waals surface area (Å²) in [5.41, 5.74) is 2.96. The molecule has 2 atom stereocenters. The molecule has 0 bridgehead atoms. The van der Waals surface area contributed by atoms with Gasteiger partial charge in [-0.1, -0.05) is 6.92 Å². The minimum atomic E-state index is 0.123. The van der Waals surface area contributed by atoms with Crippen molar-refractivity contribution in [1.82, 2.24) is 15.8 Å². The standard InChI is InChI=1S/C12H23N3O2/c1-10-3-2-4-13-11(10)9-12(16)14-15-5-7-17-8-6-15/h10-11,13H,2-9H2,1H3,(H,14,16). The molecule has 1 amide bonds. The van der Waals surface area contributed by atoms with E-state index in [1.54, 1.807) is 0 Å². The van der Waals surface area contributed by atoms with E-state index in [0.717, 1.165) is 19.6 Å². The van der Waals surface area contributed by atoms with Crippen LogP contribution >= 0.6 is 0 Å². The first-order chi connectivity index (χ1) is 8.25. The molecule has 0 spiro atoms. The van der Waals surface area contributed by atoms with Gasteiger partial charge in [-0.3, -0.25) is 10.2 Å². The minimum Gasteiger partial charge on any atom is -0.379 e. The van der Waals surface area contributed by atoms with Crippen molar-refractivity contribution in [2.45, 2.75) is 32.2 Å². The number of rotatable bonds is 3. The maximum atomic E-state index is 11.9. The number of carbonyl (C=O) groups excluding carboxylic acids is 1. The maximum absolute atomic E-state index is 11.9. The number of hydrazine groups is 1. The van der Waals surface area contributed by atoms with Crippen LogP contribution in [0.4, 0.5) is 0 Å². The number of morpholine rings is 1. The third kappa shape index (κ3) is 3.94. The van der Waals surface area contributed by atoms with Gasteiger partial charge in [0.15, 0.2) is 0 Å². The fraction of sp³-hybridized carbons (Fsp3) is 0.917. The van der Waals surface area contributed by atoms with Crippen LogP contribution in [0.1, 0.15) is 26.2 Å². The molecule has 2 aliphatic heterocycles. The van der Waals surface area contributed by atoms with Crippen LogP contribution in [0, 0.1) is 5.92 Å². The van der Waals surface area contributed by atoms with Crippen LogP contribution in [0.3, 0.4) is 0 Å². The maximum Gasteiger partial charge on any atom is 0.235 e. The summed E-state index contributed by atoms with van der Waals surface area (Å²) in [7, 11) is 0. The van der Waals surface area contributed by atoms with Crippen LogP contribution in [0.15, 0.2) is 0 Å². The number of carbonyl (C=O) groups is 1. The van der Waals surface area contributed by atoms with Crippen LogP contribution in [0.2, 0.25) is 0 Å². The summed E-state index contributed by atoms with van der Waals surface area (Å²) in [6, 6.07) is 0.338. The molecule has 2 fully saturated rings. The average molecular weight is 241 g/mol. The van der Waals surface area contributed by atoms with Crippen molar-refractivity contribution in [3.05, 3.63) is 0 Å². The first kappa shape index (κ1) is 12.8. The molecule has 2 heterocycles. The van der Waals surface area contributed by atoms with Crippen molar-refractivity contribution in [3.63, 3.8) is 0 Å². The zero-order chi connectivity index (χ0) is 12.1. The highest BCUT2D eigenvalue weighted by Crippen LogP contribution is 2.17. The van der Waals surface area contributed by atoms with Crippen molar-refractivity contribution < 1.29 is 9.53 Å². The molecule has 2 aliphatic rings. The molecule has 0 aliphatic carbocycles. The zero-order valence-electron chi connectivity index (χ0n) is 10.6. The lowest BCUT2D eigenvalue weighted by Crippen LogP contribution is -2.51. The second kappa shape index (κ2) is 6.33. The van der Waals surface area contributed by atoms with Gasteiger partial charge in [-0.15, -0.1) is 0 Å². The highest BCUT2D eigenvalue weighted by Gasteiger charge is 2.24. The summed E-state index contributed by atoms with van der Waals surface area (Å²) in [6.45, 7) is 6.26. The molecular weight excluding hydrogens is 218 g/mol. The van der Waals surface area contributed by atoms with Gasteiger partial charge in [-0.2, -0.15) is 0 Å². The van der Waals surface area contributed by atoms with Crippen molar-refractivity contribution in [3.8, 4) is 0 Å². The average Bonchev–Trinajstić information content (AvgIpc) is 2.33. The van der Waals surface area contributed by atoms with E-state index in [4.69, 9.17) is 4.74 Å². The summed E-state index contributed by atoms with van der Waals surface area (Å²) in [5, 5.41) is 5.39. The lowest BCUT2D eigenvalue weighted by atomic mass is 9.90. The highest BCUT2D eigenvalue weighted by molar-refractivity contribution is 5.76. The van der Waals surface area contributed by atoms with Crippen molar-refractivity contribution >= 4 is 5.91 Å². The zero-order valence-corrected chi connectivity index (χ0v) is 10.6. The van der Waals surface area contributed by atoms with Crippen LogP contribution in [0.25, 0.3) is 0 Å². The first-order valence-electron chi connectivity index (χ1n) is 6.61. The SMILES string of the molecule is CC1CCCNC1CC(=O)NN1CCOCC1. The third-order valence-corrected chi connectivity index (χ3v) is 3.63. The van der Waals surface area contributed by atoms with Gasteiger partial charge in [0.1, 0.15) is 0 Å². The van der Waals surface area contributed by atoms with Crippen LogP contribution in [-0.2, 0) is 9.53 Å². The van der Waals surface area contributed by atoms with Gasteiger partial charge < -0.3 is 10.1 Å². The number of piperidine rings is 1. The quantitative estimate of drug-likeness (QED) is 0.737. The van der Waals surface area contributed by atoms with Gasteiger partial charge >= 0.3 is 0 Å². The minimum absolute atomic E-state index is 0.123. The molecule has 2 unspecified atom stereocenters. The topological polar surface area (TPSA) is 53.6 Å². The van der Waals surface area contributed by atoms with Crippen molar-refractivity contribution in [2.24, 2.45) is 5.92 Å². The summed E-state index contributed by atoms with van der Waals surface area (Å²) in [6.07, 6.45) is 3.03. The van der Waals surface area contributed by atoms with E-state index < -0.39 is 0 Å². The van der Waals surface area contributed by atoms with Gasteiger partial charge in [0.2, 0.25) is 5.91 Å². The van der Waals surface area contributed by atoms with E-state index in [0.29, 0.717) is 31.6 Å². The molecule has 2 saturated heterocycles. The third-order valence-electron chi connectivity index (χ3n) is 3.63. The van der Waals surface area contributed by atoms with Gasteiger partial charge in [0.25, 0.3) is 0 Å². The Morgan fingerprint density at radius 1 is 1.47 bits per heavy atom. The Bertz CT molecular complexity index is 254. The van der Waals surface area contributed by atoms with E-state index >= 15 is 0 Å². The highest BCUT2D eigenvalue weighted by atomic mass is 16.5. The monoisotopic (exact) mass is 241 g/mol. The fourth-order valence-corrected chi connectivity index (χ4v) is 2.48. The summed E-state index contributed by atoms with van der Waals surface area (Å²) >= 11 is 0. The molecule has 98 valence electrons. The molecule has 0 aromatic heterocycles. The van der Waals surface area contributed by atoms with E-state index in [2.05, 4.69) is 17.7 Å². The molecule has 0 aromatic rings. The summed E-state index contributed by atoms with van der Waals surface area (Å²) in [4.78, 5) is 11.9. The number of nitrogens with one attached hydrogen (secondary N) is 2. The Morgan fingerprint density at radius 2 is 2.24 bits per heavy atom. The Balaban J connectivity index is 1.72. The Kier molecular flexibility index (Phi) is 4.76. The predicted molar refractivity (Wildman–Crippen MR) is 65.3 cm³/mol. The van der Waals surface area contributed by atoms with Crippen LogP contribution in [-0.4, -0.2) is 49.8 Å². The van der Waals surface area contributed by atoms with Gasteiger partial charge in [-0.25, -0.2) is 5.01 Å². The van der Waals surface area contributed by atoms with Gasteiger partial charge in [-0.05, 0) is 25.3 Å². The molecule has 5 heteroatoms. The normalized spacial score (nSPS) is 31.1. The summed E-state index contributed by atoms with van der Waals surface area (Å²) < 4.78 is 5.24. The molecule has 5 nitrogen and oxygen atoms in total. The Morgan fingerprint density at radius 3 is 2.94 bits per heavy atom. The second-order valence-corrected chi connectivity index (χ2v) is 5.02.